The number of hydrogen-bond acceptors (Lipinski definition) is 3. The molecule has 1 saturated heterocycles. The third-order valence-corrected chi connectivity index (χ3v) is 4.19. The second-order valence-corrected chi connectivity index (χ2v) is 6.02. The van der Waals surface area contributed by atoms with E-state index in [1.807, 2.05) is 12.1 Å². The second-order valence-electron chi connectivity index (χ2n) is 6.02. The van der Waals surface area contributed by atoms with Crippen molar-refractivity contribution in [3.05, 3.63) is 29.3 Å². The molecule has 116 valence electrons. The molecule has 4 heteroatoms. The predicted octanol–water partition coefficient (Wildman–Crippen LogP) is 2.31. The zero-order chi connectivity index (χ0) is 15.2. The number of amides is 1. The number of carbonyl (C=O) groups is 1. The summed E-state index contributed by atoms with van der Waals surface area (Å²) in [5.41, 5.74) is 8.37. The van der Waals surface area contributed by atoms with Crippen LogP contribution in [0.5, 0.6) is 0 Å². The van der Waals surface area contributed by atoms with Crippen molar-refractivity contribution in [1.82, 2.24) is 5.32 Å². The summed E-state index contributed by atoms with van der Waals surface area (Å²) in [4.78, 5) is 14.1. The number of piperidine rings is 1. The Bertz CT molecular complexity index is 481. The Morgan fingerprint density at radius 2 is 2.10 bits per heavy atom. The van der Waals surface area contributed by atoms with Gasteiger partial charge in [0, 0.05) is 18.8 Å². The van der Waals surface area contributed by atoms with E-state index in [2.05, 4.69) is 30.1 Å². The Balaban J connectivity index is 2.23. The van der Waals surface area contributed by atoms with Gasteiger partial charge in [-0.2, -0.15) is 0 Å². The molecule has 1 aromatic carbocycles. The molecule has 1 heterocycles. The van der Waals surface area contributed by atoms with E-state index < -0.39 is 0 Å². The number of anilines is 1. The number of rotatable bonds is 6. The van der Waals surface area contributed by atoms with Crippen LogP contribution in [-0.2, 0) is 0 Å². The number of hydrogen-bond donors (Lipinski definition) is 2. The van der Waals surface area contributed by atoms with Gasteiger partial charge >= 0.3 is 0 Å². The molecule has 1 aliphatic heterocycles. The molecule has 1 fully saturated rings. The van der Waals surface area contributed by atoms with E-state index in [1.165, 1.54) is 18.4 Å². The van der Waals surface area contributed by atoms with Gasteiger partial charge in [0.2, 0.25) is 0 Å². The van der Waals surface area contributed by atoms with Gasteiger partial charge in [0.15, 0.2) is 0 Å². The number of aryl methyl sites for hydroxylation is 1. The number of carbonyl (C=O) groups excluding carboxylic acids is 1. The third-order valence-electron chi connectivity index (χ3n) is 4.19. The molecule has 2 rings (SSSR count). The molecule has 3 N–H and O–H groups in total. The minimum Gasteiger partial charge on any atom is -0.371 e. The van der Waals surface area contributed by atoms with Crippen LogP contribution in [0.4, 0.5) is 5.69 Å². The highest BCUT2D eigenvalue weighted by molar-refractivity contribution is 5.98. The number of primary amides is 1. The maximum Gasteiger partial charge on any atom is 0.250 e. The fourth-order valence-electron chi connectivity index (χ4n) is 3.07. The third kappa shape index (κ3) is 4.21. The Hall–Kier alpha value is -1.55. The molecule has 0 spiro atoms. The van der Waals surface area contributed by atoms with E-state index in [0.29, 0.717) is 11.5 Å². The van der Waals surface area contributed by atoms with Crippen LogP contribution in [0.2, 0.25) is 0 Å². The molecule has 0 aromatic heterocycles. The lowest BCUT2D eigenvalue weighted by molar-refractivity contribution is 0.100. The quantitative estimate of drug-likeness (QED) is 0.845. The molecule has 21 heavy (non-hydrogen) atoms. The molecule has 4 nitrogen and oxygen atoms in total. The van der Waals surface area contributed by atoms with Crippen LogP contribution in [-0.4, -0.2) is 32.1 Å². The van der Waals surface area contributed by atoms with Crippen LogP contribution in [0, 0.1) is 12.8 Å². The van der Waals surface area contributed by atoms with E-state index in [1.54, 1.807) is 0 Å². The minimum absolute atomic E-state index is 0.337. The lowest BCUT2D eigenvalue weighted by Crippen LogP contribution is -2.37. The summed E-state index contributed by atoms with van der Waals surface area (Å²) < 4.78 is 0. The van der Waals surface area contributed by atoms with Crippen molar-refractivity contribution < 1.29 is 4.79 Å². The molecule has 0 radical (unpaired) electrons. The normalized spacial score (nSPS) is 15.9. The zero-order valence-corrected chi connectivity index (χ0v) is 13.2. The van der Waals surface area contributed by atoms with E-state index in [0.717, 1.165) is 38.3 Å². The van der Waals surface area contributed by atoms with E-state index in [4.69, 9.17) is 5.73 Å². The highest BCUT2D eigenvalue weighted by atomic mass is 16.1. The van der Waals surface area contributed by atoms with Crippen LogP contribution >= 0.6 is 0 Å². The standard InChI is InChI=1S/C17H27N3O/c1-3-10-20(12-14-6-8-19-9-7-14)16-11-13(2)4-5-15(16)17(18)21/h4-5,11,14,19H,3,6-10,12H2,1-2H3,(H2,18,21). The molecule has 1 aromatic rings. The molecule has 1 aliphatic rings. The van der Waals surface area contributed by atoms with Crippen LogP contribution in [0.15, 0.2) is 18.2 Å². The molecule has 1 amide bonds. The van der Waals surface area contributed by atoms with Crippen molar-refractivity contribution in [3.8, 4) is 0 Å². The summed E-state index contributed by atoms with van der Waals surface area (Å²) in [5.74, 6) is 0.357. The van der Waals surface area contributed by atoms with Crippen molar-refractivity contribution in [3.63, 3.8) is 0 Å². The Kier molecular flexibility index (Phi) is 5.62. The number of benzene rings is 1. The van der Waals surface area contributed by atoms with Gasteiger partial charge in [0.25, 0.3) is 5.91 Å². The summed E-state index contributed by atoms with van der Waals surface area (Å²) in [5, 5.41) is 3.41. The van der Waals surface area contributed by atoms with E-state index >= 15 is 0 Å². The van der Waals surface area contributed by atoms with Crippen LogP contribution < -0.4 is 16.0 Å². The smallest absolute Gasteiger partial charge is 0.250 e. The fourth-order valence-corrected chi connectivity index (χ4v) is 3.07. The number of nitrogens with one attached hydrogen (secondary N) is 1. The first kappa shape index (κ1) is 15.8. The maximum atomic E-state index is 11.7. The van der Waals surface area contributed by atoms with E-state index in [-0.39, 0.29) is 5.91 Å². The average Bonchev–Trinajstić information content (AvgIpc) is 2.47. The van der Waals surface area contributed by atoms with Crippen molar-refractivity contribution >= 4 is 11.6 Å². The van der Waals surface area contributed by atoms with Gasteiger partial charge in [-0.05, 0) is 62.9 Å². The second kappa shape index (κ2) is 7.46. The van der Waals surface area contributed by atoms with Gasteiger partial charge in [-0.25, -0.2) is 0 Å². The summed E-state index contributed by atoms with van der Waals surface area (Å²) in [6, 6.07) is 5.91. The van der Waals surface area contributed by atoms with Crippen molar-refractivity contribution in [2.75, 3.05) is 31.1 Å². The summed E-state index contributed by atoms with van der Waals surface area (Å²) >= 11 is 0. The highest BCUT2D eigenvalue weighted by Crippen LogP contribution is 2.25. The maximum absolute atomic E-state index is 11.7. The Labute approximate surface area is 127 Å². The number of nitrogens with zero attached hydrogens (tertiary/aromatic N) is 1. The first-order valence-corrected chi connectivity index (χ1v) is 7.98. The topological polar surface area (TPSA) is 58.4 Å². The van der Waals surface area contributed by atoms with Gasteiger partial charge in [-0.15, -0.1) is 0 Å². The van der Waals surface area contributed by atoms with Gasteiger partial charge in [-0.3, -0.25) is 4.79 Å². The van der Waals surface area contributed by atoms with Gasteiger partial charge in [0.05, 0.1) is 5.56 Å². The molecular formula is C17H27N3O. The zero-order valence-electron chi connectivity index (χ0n) is 13.2. The van der Waals surface area contributed by atoms with Crippen molar-refractivity contribution in [2.24, 2.45) is 11.7 Å². The Morgan fingerprint density at radius 3 is 2.71 bits per heavy atom. The first-order valence-electron chi connectivity index (χ1n) is 7.98. The minimum atomic E-state index is -0.337. The van der Waals surface area contributed by atoms with Crippen LogP contribution in [0.25, 0.3) is 0 Å². The van der Waals surface area contributed by atoms with Gasteiger partial charge < -0.3 is 16.0 Å². The molecule has 0 unspecified atom stereocenters. The molecular weight excluding hydrogens is 262 g/mol. The number of nitrogens with two attached hydrogens (primary N) is 1. The van der Waals surface area contributed by atoms with Crippen molar-refractivity contribution in [2.45, 2.75) is 33.1 Å². The van der Waals surface area contributed by atoms with Gasteiger partial charge in [-0.1, -0.05) is 13.0 Å². The summed E-state index contributed by atoms with van der Waals surface area (Å²) in [7, 11) is 0. The lowest BCUT2D eigenvalue weighted by atomic mass is 9.96. The van der Waals surface area contributed by atoms with Crippen molar-refractivity contribution in [1.29, 1.82) is 0 Å². The molecule has 0 aliphatic carbocycles. The predicted molar refractivity (Wildman–Crippen MR) is 87.8 cm³/mol. The van der Waals surface area contributed by atoms with Crippen LogP contribution in [0.3, 0.4) is 0 Å². The lowest BCUT2D eigenvalue weighted by Gasteiger charge is -2.32. The summed E-state index contributed by atoms with van der Waals surface area (Å²) in [6.45, 7) is 8.41. The van der Waals surface area contributed by atoms with Gasteiger partial charge in [0.1, 0.15) is 0 Å². The SMILES string of the molecule is CCCN(CC1CCNCC1)c1cc(C)ccc1C(N)=O. The molecule has 0 bridgehead atoms. The molecule has 0 saturated carbocycles. The average molecular weight is 289 g/mol. The highest BCUT2D eigenvalue weighted by Gasteiger charge is 2.20. The largest absolute Gasteiger partial charge is 0.371 e. The van der Waals surface area contributed by atoms with Crippen LogP contribution in [0.1, 0.15) is 42.1 Å². The fraction of sp³-hybridized carbons (Fsp3) is 0.588. The molecule has 0 atom stereocenters. The Morgan fingerprint density at radius 1 is 1.38 bits per heavy atom. The summed E-state index contributed by atoms with van der Waals surface area (Å²) in [6.07, 6.45) is 3.48. The van der Waals surface area contributed by atoms with E-state index in [9.17, 15) is 4.79 Å². The first-order chi connectivity index (χ1) is 10.1. The monoisotopic (exact) mass is 289 g/mol.